The number of hydrogen-bond donors (Lipinski definition) is 2. The van der Waals surface area contributed by atoms with Crippen LogP contribution < -0.4 is 10.6 Å². The summed E-state index contributed by atoms with van der Waals surface area (Å²) in [5.41, 5.74) is 8.29. The van der Waals surface area contributed by atoms with Crippen molar-refractivity contribution in [1.82, 2.24) is 0 Å². The summed E-state index contributed by atoms with van der Waals surface area (Å²) in [6, 6.07) is 18.8. The maximum absolute atomic E-state index is 12.9. The average molecular weight is 334 g/mol. The van der Waals surface area contributed by atoms with E-state index in [1.54, 1.807) is 4.90 Å². The number of aromatic hydroxyl groups is 1. The number of carbonyl (C=O) groups excluding carboxylic acids is 1. The van der Waals surface area contributed by atoms with Gasteiger partial charge in [-0.1, -0.05) is 68.4 Å². The second kappa shape index (κ2) is 6.85. The lowest BCUT2D eigenvalue weighted by molar-refractivity contribution is -0.121. The van der Waals surface area contributed by atoms with E-state index in [1.807, 2.05) is 68.4 Å². The van der Waals surface area contributed by atoms with Gasteiger partial charge in [-0.05, 0) is 5.56 Å². The van der Waals surface area contributed by atoms with E-state index in [2.05, 4.69) is 0 Å². The fourth-order valence-corrected chi connectivity index (χ4v) is 3.01. The van der Waals surface area contributed by atoms with Crippen molar-refractivity contribution in [2.45, 2.75) is 20.4 Å². The molecule has 25 heavy (non-hydrogen) atoms. The van der Waals surface area contributed by atoms with Crippen LogP contribution in [0.15, 0.2) is 60.7 Å². The van der Waals surface area contributed by atoms with Gasteiger partial charge >= 0.3 is 0 Å². The number of nitrogen functional groups attached to an aromatic ring is 1. The number of nitrogens with two attached hydrogens (primary N) is 1. The summed E-state index contributed by atoms with van der Waals surface area (Å²) in [6.07, 6.45) is 0. The Morgan fingerprint density at radius 2 is 1.64 bits per heavy atom. The summed E-state index contributed by atoms with van der Waals surface area (Å²) in [4.78, 5) is 14.7. The van der Waals surface area contributed by atoms with Crippen LogP contribution in [0.2, 0.25) is 0 Å². The first-order valence-corrected chi connectivity index (χ1v) is 8.34. The molecule has 0 aliphatic rings. The lowest BCUT2D eigenvalue weighted by Crippen LogP contribution is -2.34. The first-order valence-electron chi connectivity index (χ1n) is 8.34. The molecule has 0 bridgehead atoms. The van der Waals surface area contributed by atoms with E-state index in [4.69, 9.17) is 5.73 Å². The number of hydrogen-bond acceptors (Lipinski definition) is 3. The molecule has 0 aliphatic heterocycles. The Morgan fingerprint density at radius 1 is 1.04 bits per heavy atom. The summed E-state index contributed by atoms with van der Waals surface area (Å²) in [5.74, 6) is -0.0596. The number of rotatable bonds is 4. The normalized spacial score (nSPS) is 11.0. The molecule has 128 valence electrons. The highest BCUT2D eigenvalue weighted by Crippen LogP contribution is 2.39. The van der Waals surface area contributed by atoms with Gasteiger partial charge in [0.2, 0.25) is 5.91 Å². The highest BCUT2D eigenvalue weighted by molar-refractivity contribution is 6.10. The standard InChI is InChI=1S/C21H22N2O2/c1-14(2)21(25)23(13-15-8-4-3-5-9-15)20-17-11-7-6-10-16(17)19(24)12-18(20)22/h3-12,14,24H,13,22H2,1-2H3. The van der Waals surface area contributed by atoms with Gasteiger partial charge < -0.3 is 15.7 Å². The average Bonchev–Trinajstić information content (AvgIpc) is 2.61. The summed E-state index contributed by atoms with van der Waals surface area (Å²) in [7, 11) is 0. The third-order valence-corrected chi connectivity index (χ3v) is 4.24. The van der Waals surface area contributed by atoms with Crippen molar-refractivity contribution in [3.05, 3.63) is 66.2 Å². The van der Waals surface area contributed by atoms with Crippen molar-refractivity contribution in [2.75, 3.05) is 10.6 Å². The molecule has 4 heteroatoms. The van der Waals surface area contributed by atoms with E-state index < -0.39 is 0 Å². The Balaban J connectivity index is 2.20. The van der Waals surface area contributed by atoms with Crippen LogP contribution in [0.1, 0.15) is 19.4 Å². The second-order valence-corrected chi connectivity index (χ2v) is 6.44. The van der Waals surface area contributed by atoms with E-state index in [-0.39, 0.29) is 17.6 Å². The molecular formula is C21H22N2O2. The van der Waals surface area contributed by atoms with Crippen LogP contribution in [0.3, 0.4) is 0 Å². The molecule has 3 rings (SSSR count). The zero-order chi connectivity index (χ0) is 18.0. The zero-order valence-electron chi connectivity index (χ0n) is 14.4. The van der Waals surface area contributed by atoms with Crippen molar-refractivity contribution >= 4 is 28.1 Å². The topological polar surface area (TPSA) is 66.6 Å². The number of phenolic OH excluding ortho intramolecular Hbond substituents is 1. The molecule has 0 unspecified atom stereocenters. The van der Waals surface area contributed by atoms with Gasteiger partial charge in [0.25, 0.3) is 0 Å². The number of benzene rings is 3. The minimum atomic E-state index is -0.171. The van der Waals surface area contributed by atoms with Crippen LogP contribution in [0.25, 0.3) is 10.8 Å². The van der Waals surface area contributed by atoms with Gasteiger partial charge in [0.1, 0.15) is 5.75 Å². The molecule has 0 fully saturated rings. The van der Waals surface area contributed by atoms with Crippen LogP contribution in [0, 0.1) is 5.92 Å². The smallest absolute Gasteiger partial charge is 0.229 e. The van der Waals surface area contributed by atoms with Gasteiger partial charge in [-0.3, -0.25) is 4.79 Å². The SMILES string of the molecule is CC(C)C(=O)N(Cc1ccccc1)c1c(N)cc(O)c2ccccc12. The summed E-state index contributed by atoms with van der Waals surface area (Å²) < 4.78 is 0. The number of carbonyl (C=O) groups is 1. The molecule has 0 spiro atoms. The van der Waals surface area contributed by atoms with Crippen LogP contribution in [-0.2, 0) is 11.3 Å². The third kappa shape index (κ3) is 3.29. The minimum Gasteiger partial charge on any atom is -0.507 e. The van der Waals surface area contributed by atoms with Crippen molar-refractivity contribution in [3.63, 3.8) is 0 Å². The first-order chi connectivity index (χ1) is 12.0. The van der Waals surface area contributed by atoms with Crippen molar-refractivity contribution in [3.8, 4) is 5.75 Å². The quantitative estimate of drug-likeness (QED) is 0.698. The first kappa shape index (κ1) is 16.8. The molecule has 0 aromatic heterocycles. The number of amides is 1. The van der Waals surface area contributed by atoms with Gasteiger partial charge in [0.15, 0.2) is 0 Å². The van der Waals surface area contributed by atoms with E-state index in [0.717, 1.165) is 10.9 Å². The molecule has 0 heterocycles. The van der Waals surface area contributed by atoms with Gasteiger partial charge in [-0.2, -0.15) is 0 Å². The molecule has 0 atom stereocenters. The largest absolute Gasteiger partial charge is 0.507 e. The molecule has 0 saturated heterocycles. The molecule has 3 N–H and O–H groups in total. The van der Waals surface area contributed by atoms with E-state index in [9.17, 15) is 9.90 Å². The van der Waals surface area contributed by atoms with Crippen molar-refractivity contribution in [1.29, 1.82) is 0 Å². The zero-order valence-corrected chi connectivity index (χ0v) is 14.4. The lowest BCUT2D eigenvalue weighted by atomic mass is 10.0. The van der Waals surface area contributed by atoms with Gasteiger partial charge in [-0.25, -0.2) is 0 Å². The van der Waals surface area contributed by atoms with Crippen LogP contribution in [0.4, 0.5) is 11.4 Å². The van der Waals surface area contributed by atoms with Gasteiger partial charge in [0, 0.05) is 22.8 Å². The van der Waals surface area contributed by atoms with Crippen LogP contribution in [0.5, 0.6) is 5.75 Å². The molecule has 0 aliphatic carbocycles. The third-order valence-electron chi connectivity index (χ3n) is 4.24. The Kier molecular flexibility index (Phi) is 4.61. The Morgan fingerprint density at radius 3 is 2.28 bits per heavy atom. The molecule has 0 radical (unpaired) electrons. The highest BCUT2D eigenvalue weighted by Gasteiger charge is 2.24. The van der Waals surface area contributed by atoms with Crippen LogP contribution >= 0.6 is 0 Å². The van der Waals surface area contributed by atoms with Gasteiger partial charge in [0.05, 0.1) is 17.9 Å². The lowest BCUT2D eigenvalue weighted by Gasteiger charge is -2.28. The Hall–Kier alpha value is -3.01. The predicted octanol–water partition coefficient (Wildman–Crippen LogP) is 4.32. The predicted molar refractivity (Wildman–Crippen MR) is 102 cm³/mol. The van der Waals surface area contributed by atoms with Crippen molar-refractivity contribution < 1.29 is 9.90 Å². The summed E-state index contributed by atoms with van der Waals surface area (Å²) in [6.45, 7) is 4.18. The number of fused-ring (bicyclic) bond motifs is 1. The molecule has 3 aromatic carbocycles. The number of anilines is 2. The van der Waals surface area contributed by atoms with E-state index in [1.165, 1.54) is 6.07 Å². The highest BCUT2D eigenvalue weighted by atomic mass is 16.3. The summed E-state index contributed by atoms with van der Waals surface area (Å²) >= 11 is 0. The maximum atomic E-state index is 12.9. The molecule has 3 aromatic rings. The number of phenols is 1. The van der Waals surface area contributed by atoms with Crippen LogP contribution in [-0.4, -0.2) is 11.0 Å². The van der Waals surface area contributed by atoms with Gasteiger partial charge in [-0.15, -0.1) is 0 Å². The number of nitrogens with zero attached hydrogens (tertiary/aromatic N) is 1. The summed E-state index contributed by atoms with van der Waals surface area (Å²) in [5, 5.41) is 11.7. The Bertz CT molecular complexity index is 904. The fraction of sp³-hybridized carbons (Fsp3) is 0.190. The molecule has 1 amide bonds. The van der Waals surface area contributed by atoms with Crippen molar-refractivity contribution in [2.24, 2.45) is 5.92 Å². The van der Waals surface area contributed by atoms with E-state index >= 15 is 0 Å². The maximum Gasteiger partial charge on any atom is 0.229 e. The molecule has 0 saturated carbocycles. The van der Waals surface area contributed by atoms with E-state index in [0.29, 0.717) is 23.3 Å². The fourth-order valence-electron chi connectivity index (χ4n) is 3.01. The minimum absolute atomic E-state index is 0.00797. The molecule has 4 nitrogen and oxygen atoms in total. The second-order valence-electron chi connectivity index (χ2n) is 6.44. The molecular weight excluding hydrogens is 312 g/mol. The Labute approximate surface area is 147 Å². The monoisotopic (exact) mass is 334 g/mol.